The van der Waals surface area contributed by atoms with Crippen molar-refractivity contribution < 1.29 is 27.5 Å². The molecule has 0 aliphatic heterocycles. The Kier molecular flexibility index (Phi) is 6.24. The van der Waals surface area contributed by atoms with E-state index in [1.54, 1.807) is 6.20 Å². The van der Waals surface area contributed by atoms with Crippen LogP contribution in [-0.4, -0.2) is 47.2 Å². The summed E-state index contributed by atoms with van der Waals surface area (Å²) in [4.78, 5) is 28.2. The normalized spacial score (nSPS) is 11.3. The third-order valence-electron chi connectivity index (χ3n) is 4.22. The minimum absolute atomic E-state index is 0.162. The summed E-state index contributed by atoms with van der Waals surface area (Å²) in [6, 6.07) is 10.0. The molecule has 158 valence electrons. The summed E-state index contributed by atoms with van der Waals surface area (Å²) in [6.07, 6.45) is -1.60. The van der Waals surface area contributed by atoms with Gasteiger partial charge in [-0.05, 0) is 12.1 Å². The lowest BCUT2D eigenvalue weighted by molar-refractivity contribution is -0.154. The summed E-state index contributed by atoms with van der Waals surface area (Å²) in [5, 5.41) is 6.18. The van der Waals surface area contributed by atoms with E-state index in [0.717, 1.165) is 17.1 Å². The Morgan fingerprint density at radius 1 is 1.07 bits per heavy atom. The van der Waals surface area contributed by atoms with Crippen LogP contribution in [0.3, 0.4) is 0 Å². The van der Waals surface area contributed by atoms with E-state index in [-0.39, 0.29) is 30.4 Å². The number of para-hydroxylation sites is 1. The Bertz CT molecular complexity index is 1050. The molecule has 0 aliphatic rings. The van der Waals surface area contributed by atoms with E-state index in [1.165, 1.54) is 12.1 Å². The van der Waals surface area contributed by atoms with E-state index in [0.29, 0.717) is 5.56 Å². The second-order valence-corrected chi connectivity index (χ2v) is 6.47. The van der Waals surface area contributed by atoms with Crippen LogP contribution in [0.1, 0.15) is 20.7 Å². The molecule has 0 fully saturated rings. The molecule has 1 aromatic carbocycles. The number of hydrogen-bond acceptors (Lipinski definition) is 4. The molecule has 3 aromatic rings. The molecule has 0 radical (unpaired) electrons. The van der Waals surface area contributed by atoms with Gasteiger partial charge >= 0.3 is 6.18 Å². The highest BCUT2D eigenvalue weighted by Crippen LogP contribution is 2.20. The first-order valence-corrected chi connectivity index (χ1v) is 9.00. The molecule has 3 rings (SSSR count). The monoisotopic (exact) mass is 420 g/mol. The Hall–Kier alpha value is -3.56. The number of alkyl halides is 3. The summed E-state index contributed by atoms with van der Waals surface area (Å²) < 4.78 is 42.7. The van der Waals surface area contributed by atoms with E-state index < -0.39 is 18.7 Å². The zero-order valence-electron chi connectivity index (χ0n) is 16.0. The van der Waals surface area contributed by atoms with Crippen molar-refractivity contribution in [2.45, 2.75) is 6.18 Å². The second kappa shape index (κ2) is 8.85. The number of halogens is 3. The highest BCUT2D eigenvalue weighted by molar-refractivity contribution is 6.07. The van der Waals surface area contributed by atoms with Gasteiger partial charge in [0.1, 0.15) is 0 Å². The minimum atomic E-state index is -4.46. The van der Waals surface area contributed by atoms with Crippen molar-refractivity contribution in [2.24, 2.45) is 7.05 Å². The number of fused-ring (bicyclic) bond motifs is 1. The number of pyridine rings is 1. The van der Waals surface area contributed by atoms with Gasteiger partial charge in [0.15, 0.2) is 6.61 Å². The predicted octanol–water partition coefficient (Wildman–Crippen LogP) is 2.67. The molecule has 7 nitrogen and oxygen atoms in total. The molecule has 0 aliphatic carbocycles. The van der Waals surface area contributed by atoms with Crippen molar-refractivity contribution in [1.82, 2.24) is 20.2 Å². The molecule has 2 N–H and O–H groups in total. The Morgan fingerprint density at radius 2 is 1.77 bits per heavy atom. The van der Waals surface area contributed by atoms with Gasteiger partial charge in [-0.15, -0.1) is 0 Å². The van der Waals surface area contributed by atoms with Crippen LogP contribution in [0.25, 0.3) is 10.9 Å². The highest BCUT2D eigenvalue weighted by Gasteiger charge is 2.28. The van der Waals surface area contributed by atoms with Crippen LogP contribution >= 0.6 is 0 Å². The Balaban J connectivity index is 1.47. The lowest BCUT2D eigenvalue weighted by Gasteiger charge is -2.09. The van der Waals surface area contributed by atoms with Crippen molar-refractivity contribution in [3.05, 3.63) is 59.9 Å². The fourth-order valence-corrected chi connectivity index (χ4v) is 2.83. The number of amides is 2. The number of rotatable bonds is 7. The fourth-order valence-electron chi connectivity index (χ4n) is 2.83. The maximum atomic E-state index is 12.4. The van der Waals surface area contributed by atoms with Crippen LogP contribution in [-0.2, 0) is 7.05 Å². The minimum Gasteiger partial charge on any atom is -0.468 e. The van der Waals surface area contributed by atoms with Gasteiger partial charge in [0.25, 0.3) is 11.8 Å². The fraction of sp³-hybridized carbons (Fsp3) is 0.250. The number of benzene rings is 1. The number of carbonyl (C=O) groups excluding carboxylic acids is 2. The average molecular weight is 420 g/mol. The molecule has 2 aromatic heterocycles. The van der Waals surface area contributed by atoms with Gasteiger partial charge < -0.3 is 19.9 Å². The highest BCUT2D eigenvalue weighted by atomic mass is 19.4. The smallest absolute Gasteiger partial charge is 0.422 e. The van der Waals surface area contributed by atoms with Crippen molar-refractivity contribution in [2.75, 3.05) is 19.7 Å². The van der Waals surface area contributed by atoms with Crippen LogP contribution in [0.4, 0.5) is 13.2 Å². The zero-order valence-corrected chi connectivity index (χ0v) is 16.0. The molecular formula is C20H19F3N4O3. The molecule has 10 heteroatoms. The van der Waals surface area contributed by atoms with E-state index in [2.05, 4.69) is 20.4 Å². The largest absolute Gasteiger partial charge is 0.468 e. The molecular weight excluding hydrogens is 401 g/mol. The van der Waals surface area contributed by atoms with Gasteiger partial charge in [-0.25, -0.2) is 4.98 Å². The van der Waals surface area contributed by atoms with E-state index in [9.17, 15) is 22.8 Å². The molecule has 0 saturated carbocycles. The Morgan fingerprint density at radius 3 is 2.43 bits per heavy atom. The van der Waals surface area contributed by atoms with Crippen LogP contribution in [0.5, 0.6) is 5.88 Å². The van der Waals surface area contributed by atoms with Gasteiger partial charge in [0, 0.05) is 49.5 Å². The van der Waals surface area contributed by atoms with Gasteiger partial charge in [-0.1, -0.05) is 18.2 Å². The Labute approximate surface area is 169 Å². The summed E-state index contributed by atoms with van der Waals surface area (Å²) in [5.74, 6) is -0.954. The number of carbonyl (C=O) groups is 2. The summed E-state index contributed by atoms with van der Waals surface area (Å²) in [5.41, 5.74) is 1.64. The molecule has 0 saturated heterocycles. The van der Waals surface area contributed by atoms with Crippen molar-refractivity contribution in [3.8, 4) is 5.88 Å². The molecule has 2 amide bonds. The molecule has 0 spiro atoms. The number of ether oxygens (including phenoxy) is 1. The number of hydrogen-bond donors (Lipinski definition) is 2. The molecule has 0 unspecified atom stereocenters. The van der Waals surface area contributed by atoms with E-state index in [1.807, 2.05) is 35.9 Å². The van der Waals surface area contributed by atoms with Gasteiger partial charge in [0.05, 0.1) is 11.1 Å². The first kappa shape index (κ1) is 21.2. The van der Waals surface area contributed by atoms with E-state index in [4.69, 9.17) is 0 Å². The zero-order chi connectivity index (χ0) is 21.7. The van der Waals surface area contributed by atoms with Crippen LogP contribution in [0, 0.1) is 0 Å². The average Bonchev–Trinajstić information content (AvgIpc) is 3.06. The maximum absolute atomic E-state index is 12.4. The van der Waals surface area contributed by atoms with Crippen molar-refractivity contribution >= 4 is 22.7 Å². The number of aryl methyl sites for hydroxylation is 1. The first-order chi connectivity index (χ1) is 14.2. The van der Waals surface area contributed by atoms with Crippen molar-refractivity contribution in [1.29, 1.82) is 0 Å². The van der Waals surface area contributed by atoms with Crippen molar-refractivity contribution in [3.63, 3.8) is 0 Å². The van der Waals surface area contributed by atoms with Crippen LogP contribution < -0.4 is 15.4 Å². The molecule has 30 heavy (non-hydrogen) atoms. The lowest BCUT2D eigenvalue weighted by Crippen LogP contribution is -2.34. The van der Waals surface area contributed by atoms with Gasteiger partial charge in [-0.2, -0.15) is 13.2 Å². The van der Waals surface area contributed by atoms with Gasteiger partial charge in [-0.3, -0.25) is 9.59 Å². The maximum Gasteiger partial charge on any atom is 0.422 e. The molecule has 0 atom stereocenters. The predicted molar refractivity (Wildman–Crippen MR) is 103 cm³/mol. The summed E-state index contributed by atoms with van der Waals surface area (Å²) in [6.45, 7) is -1.09. The number of aromatic nitrogens is 2. The topological polar surface area (TPSA) is 85.2 Å². The quantitative estimate of drug-likeness (QED) is 0.576. The number of nitrogens with zero attached hydrogens (tertiary/aromatic N) is 2. The second-order valence-electron chi connectivity index (χ2n) is 6.47. The number of nitrogens with one attached hydrogen (secondary N) is 2. The van der Waals surface area contributed by atoms with Gasteiger partial charge in [0.2, 0.25) is 5.88 Å². The van der Waals surface area contributed by atoms with E-state index >= 15 is 0 Å². The molecule has 0 bridgehead atoms. The summed E-state index contributed by atoms with van der Waals surface area (Å²) in [7, 11) is 1.85. The third kappa shape index (κ3) is 5.28. The SMILES string of the molecule is Cn1cc(C(=O)NCCNC(=O)c2ccc(OCC(F)(F)F)nc2)c2ccccc21. The third-order valence-corrected chi connectivity index (χ3v) is 4.22. The standard InChI is InChI=1S/C20H19F3N4O3/c1-27-11-15(14-4-2-3-5-16(14)27)19(29)25-9-8-24-18(28)13-6-7-17(26-10-13)30-12-20(21,22)23/h2-7,10-11H,8-9,12H2,1H3,(H,24,28)(H,25,29). The lowest BCUT2D eigenvalue weighted by atomic mass is 10.1. The van der Waals surface area contributed by atoms with Crippen LogP contribution in [0.2, 0.25) is 0 Å². The van der Waals surface area contributed by atoms with Crippen LogP contribution in [0.15, 0.2) is 48.8 Å². The first-order valence-electron chi connectivity index (χ1n) is 9.00. The summed E-state index contributed by atoms with van der Waals surface area (Å²) >= 11 is 0. The molecule has 2 heterocycles.